The second kappa shape index (κ2) is 6.17. The van der Waals surface area contributed by atoms with Gasteiger partial charge < -0.3 is 10.4 Å². The Bertz CT molecular complexity index is 652. The zero-order valence-electron chi connectivity index (χ0n) is 11.3. The first kappa shape index (κ1) is 14.7. The number of nitrogens with zero attached hydrogens (tertiary/aromatic N) is 2. The third kappa shape index (κ3) is 3.65. The number of carboxylic acid groups (broad SMARTS) is 1. The van der Waals surface area contributed by atoms with E-state index in [9.17, 15) is 14.0 Å². The van der Waals surface area contributed by atoms with Crippen LogP contribution in [0.3, 0.4) is 0 Å². The number of amides is 1. The standard InChI is InChI=1S/C14H14FN3O3/c1-9(18-8-11(7-17-18)14(20)21)13(19)16-6-10-2-4-12(15)5-3-10/h2-5,7-9H,6H2,1H3,(H,16,19)(H,20,21). The Hall–Kier alpha value is -2.70. The first-order valence-corrected chi connectivity index (χ1v) is 6.27. The number of carboxylic acids is 1. The molecule has 1 aromatic heterocycles. The molecule has 0 bridgehead atoms. The zero-order valence-corrected chi connectivity index (χ0v) is 11.3. The first-order chi connectivity index (χ1) is 9.97. The molecule has 6 nitrogen and oxygen atoms in total. The molecule has 1 aromatic carbocycles. The molecule has 1 amide bonds. The highest BCUT2D eigenvalue weighted by Crippen LogP contribution is 2.08. The van der Waals surface area contributed by atoms with Gasteiger partial charge in [0.05, 0.1) is 11.8 Å². The highest BCUT2D eigenvalue weighted by molar-refractivity contribution is 5.87. The maximum atomic E-state index is 12.8. The number of nitrogens with one attached hydrogen (secondary N) is 1. The summed E-state index contributed by atoms with van der Waals surface area (Å²) in [5, 5.41) is 15.3. The molecule has 2 aromatic rings. The number of aromatic carboxylic acids is 1. The fourth-order valence-corrected chi connectivity index (χ4v) is 1.72. The van der Waals surface area contributed by atoms with Crippen LogP contribution in [0, 0.1) is 5.82 Å². The van der Waals surface area contributed by atoms with Crippen molar-refractivity contribution >= 4 is 11.9 Å². The average Bonchev–Trinajstić information content (AvgIpc) is 2.95. The number of aromatic nitrogens is 2. The van der Waals surface area contributed by atoms with E-state index in [1.165, 1.54) is 29.2 Å². The second-order valence-electron chi connectivity index (χ2n) is 4.53. The molecule has 0 aliphatic heterocycles. The SMILES string of the molecule is CC(C(=O)NCc1ccc(F)cc1)n1cc(C(=O)O)cn1. The minimum atomic E-state index is -1.10. The predicted molar refractivity (Wildman–Crippen MR) is 72.1 cm³/mol. The first-order valence-electron chi connectivity index (χ1n) is 6.27. The van der Waals surface area contributed by atoms with Crippen LogP contribution in [0.2, 0.25) is 0 Å². The summed E-state index contributed by atoms with van der Waals surface area (Å²) in [5.41, 5.74) is 0.789. The van der Waals surface area contributed by atoms with Crippen LogP contribution in [-0.2, 0) is 11.3 Å². The number of carbonyl (C=O) groups excluding carboxylic acids is 1. The van der Waals surface area contributed by atoms with E-state index in [4.69, 9.17) is 5.11 Å². The molecule has 21 heavy (non-hydrogen) atoms. The van der Waals surface area contributed by atoms with Gasteiger partial charge in [0, 0.05) is 12.7 Å². The van der Waals surface area contributed by atoms with Crippen LogP contribution in [0.1, 0.15) is 28.9 Å². The Morgan fingerprint density at radius 3 is 2.62 bits per heavy atom. The summed E-state index contributed by atoms with van der Waals surface area (Å²) in [4.78, 5) is 22.7. The fraction of sp³-hybridized carbons (Fsp3) is 0.214. The molecule has 0 radical (unpaired) electrons. The summed E-state index contributed by atoms with van der Waals surface area (Å²) in [6.07, 6.45) is 2.48. The van der Waals surface area contributed by atoms with Gasteiger partial charge in [-0.15, -0.1) is 0 Å². The highest BCUT2D eigenvalue weighted by atomic mass is 19.1. The topological polar surface area (TPSA) is 84.2 Å². The highest BCUT2D eigenvalue weighted by Gasteiger charge is 2.17. The Morgan fingerprint density at radius 1 is 1.38 bits per heavy atom. The van der Waals surface area contributed by atoms with Gasteiger partial charge in [-0.25, -0.2) is 9.18 Å². The molecule has 1 atom stereocenters. The largest absolute Gasteiger partial charge is 0.478 e. The third-order valence-electron chi connectivity index (χ3n) is 3.00. The van der Waals surface area contributed by atoms with Crippen molar-refractivity contribution in [1.82, 2.24) is 15.1 Å². The van der Waals surface area contributed by atoms with E-state index in [0.717, 1.165) is 5.56 Å². The molecule has 0 saturated heterocycles. The lowest BCUT2D eigenvalue weighted by atomic mass is 10.2. The molecule has 2 rings (SSSR count). The van der Waals surface area contributed by atoms with Crippen LogP contribution >= 0.6 is 0 Å². The molecule has 1 heterocycles. The Labute approximate surface area is 120 Å². The fourth-order valence-electron chi connectivity index (χ4n) is 1.72. The molecule has 0 aliphatic rings. The molecular weight excluding hydrogens is 277 g/mol. The molecule has 0 spiro atoms. The predicted octanol–water partition coefficient (Wildman–Crippen LogP) is 1.60. The normalized spacial score (nSPS) is 11.9. The number of rotatable bonds is 5. The van der Waals surface area contributed by atoms with Crippen LogP contribution in [0.5, 0.6) is 0 Å². The minimum Gasteiger partial charge on any atom is -0.478 e. The van der Waals surface area contributed by atoms with E-state index in [0.29, 0.717) is 0 Å². The zero-order chi connectivity index (χ0) is 15.4. The number of benzene rings is 1. The van der Waals surface area contributed by atoms with Crippen LogP contribution in [0.4, 0.5) is 4.39 Å². The molecular formula is C14H14FN3O3. The quantitative estimate of drug-likeness (QED) is 0.876. The van der Waals surface area contributed by atoms with Gasteiger partial charge in [-0.3, -0.25) is 9.48 Å². The van der Waals surface area contributed by atoms with Crippen molar-refractivity contribution in [3.63, 3.8) is 0 Å². The third-order valence-corrected chi connectivity index (χ3v) is 3.00. The van der Waals surface area contributed by atoms with Crippen molar-refractivity contribution in [1.29, 1.82) is 0 Å². The van der Waals surface area contributed by atoms with Crippen LogP contribution in [0.25, 0.3) is 0 Å². The van der Waals surface area contributed by atoms with Crippen molar-refractivity contribution < 1.29 is 19.1 Å². The average molecular weight is 291 g/mol. The summed E-state index contributed by atoms with van der Waals surface area (Å²) in [6.45, 7) is 1.87. The number of halogens is 1. The van der Waals surface area contributed by atoms with Gasteiger partial charge in [-0.1, -0.05) is 12.1 Å². The van der Waals surface area contributed by atoms with Crippen molar-refractivity contribution in [3.05, 3.63) is 53.6 Å². The van der Waals surface area contributed by atoms with Gasteiger partial charge in [0.1, 0.15) is 11.9 Å². The molecule has 2 N–H and O–H groups in total. The van der Waals surface area contributed by atoms with Gasteiger partial charge in [0.15, 0.2) is 0 Å². The lowest BCUT2D eigenvalue weighted by molar-refractivity contribution is -0.124. The van der Waals surface area contributed by atoms with E-state index in [-0.39, 0.29) is 23.8 Å². The van der Waals surface area contributed by atoms with Crippen LogP contribution < -0.4 is 5.32 Å². The smallest absolute Gasteiger partial charge is 0.338 e. The second-order valence-corrected chi connectivity index (χ2v) is 4.53. The van der Waals surface area contributed by atoms with E-state index in [1.807, 2.05) is 0 Å². The summed E-state index contributed by atoms with van der Waals surface area (Å²) in [5.74, 6) is -1.74. The van der Waals surface area contributed by atoms with Gasteiger partial charge >= 0.3 is 5.97 Å². The Kier molecular flexibility index (Phi) is 4.32. The maximum Gasteiger partial charge on any atom is 0.338 e. The monoisotopic (exact) mass is 291 g/mol. The number of hydrogen-bond acceptors (Lipinski definition) is 3. The van der Waals surface area contributed by atoms with Crippen molar-refractivity contribution in [3.8, 4) is 0 Å². The van der Waals surface area contributed by atoms with Gasteiger partial charge in [0.2, 0.25) is 5.91 Å². The van der Waals surface area contributed by atoms with E-state index >= 15 is 0 Å². The molecule has 7 heteroatoms. The van der Waals surface area contributed by atoms with Crippen LogP contribution in [0.15, 0.2) is 36.7 Å². The summed E-state index contributed by atoms with van der Waals surface area (Å²) in [6, 6.07) is 5.15. The lowest BCUT2D eigenvalue weighted by Crippen LogP contribution is -2.30. The van der Waals surface area contributed by atoms with E-state index in [1.54, 1.807) is 19.1 Å². The molecule has 0 fully saturated rings. The minimum absolute atomic E-state index is 0.0215. The molecule has 0 aliphatic carbocycles. The molecule has 0 saturated carbocycles. The molecule has 1 unspecified atom stereocenters. The molecule has 110 valence electrons. The summed E-state index contributed by atoms with van der Waals surface area (Å²) >= 11 is 0. The van der Waals surface area contributed by atoms with Gasteiger partial charge in [0.25, 0.3) is 0 Å². The summed E-state index contributed by atoms with van der Waals surface area (Å²) < 4.78 is 14.0. The Morgan fingerprint density at radius 2 is 2.05 bits per heavy atom. The van der Waals surface area contributed by atoms with Crippen molar-refractivity contribution in [2.24, 2.45) is 0 Å². The van der Waals surface area contributed by atoms with Gasteiger partial charge in [-0.2, -0.15) is 5.10 Å². The van der Waals surface area contributed by atoms with E-state index in [2.05, 4.69) is 10.4 Å². The van der Waals surface area contributed by atoms with Gasteiger partial charge in [-0.05, 0) is 24.6 Å². The van der Waals surface area contributed by atoms with Crippen LogP contribution in [-0.4, -0.2) is 26.8 Å². The van der Waals surface area contributed by atoms with E-state index < -0.39 is 12.0 Å². The van der Waals surface area contributed by atoms with Crippen molar-refractivity contribution in [2.75, 3.05) is 0 Å². The number of hydrogen-bond donors (Lipinski definition) is 2. The lowest BCUT2D eigenvalue weighted by Gasteiger charge is -2.12. The summed E-state index contributed by atoms with van der Waals surface area (Å²) in [7, 11) is 0. The maximum absolute atomic E-state index is 12.8. The number of carbonyl (C=O) groups is 2. The Balaban J connectivity index is 1.95. The van der Waals surface area contributed by atoms with Crippen molar-refractivity contribution in [2.45, 2.75) is 19.5 Å².